The van der Waals surface area contributed by atoms with Gasteiger partial charge in [-0.1, -0.05) is 53.5 Å². The molecule has 0 spiro atoms. The molecule has 1 atom stereocenters. The van der Waals surface area contributed by atoms with E-state index in [1.165, 1.54) is 17.0 Å². The van der Waals surface area contributed by atoms with Crippen molar-refractivity contribution >= 4 is 35.1 Å². The van der Waals surface area contributed by atoms with Crippen LogP contribution in [0.3, 0.4) is 0 Å². The third-order valence-electron chi connectivity index (χ3n) is 3.14. The van der Waals surface area contributed by atoms with Crippen molar-refractivity contribution in [2.45, 2.75) is 6.10 Å². The van der Waals surface area contributed by atoms with Gasteiger partial charge in [0.05, 0.1) is 10.6 Å². The SMILES string of the molecule is CN(C)C(=O)[C@H](OC(=O)c1cc(Cl)ccc1Cl)c1ccccc1. The van der Waals surface area contributed by atoms with Crippen LogP contribution in [0.25, 0.3) is 0 Å². The van der Waals surface area contributed by atoms with Gasteiger partial charge in [0.1, 0.15) is 0 Å². The second kappa shape index (κ2) is 7.49. The maximum absolute atomic E-state index is 12.4. The van der Waals surface area contributed by atoms with Gasteiger partial charge in [-0.05, 0) is 18.2 Å². The van der Waals surface area contributed by atoms with E-state index < -0.39 is 12.1 Å². The van der Waals surface area contributed by atoms with E-state index in [-0.39, 0.29) is 16.5 Å². The summed E-state index contributed by atoms with van der Waals surface area (Å²) in [7, 11) is 3.19. The van der Waals surface area contributed by atoms with Crippen molar-refractivity contribution < 1.29 is 14.3 Å². The van der Waals surface area contributed by atoms with Crippen LogP contribution in [0.4, 0.5) is 0 Å². The smallest absolute Gasteiger partial charge is 0.340 e. The van der Waals surface area contributed by atoms with Crippen molar-refractivity contribution in [1.29, 1.82) is 0 Å². The molecule has 0 bridgehead atoms. The highest BCUT2D eigenvalue weighted by molar-refractivity contribution is 6.35. The Morgan fingerprint density at radius 3 is 2.30 bits per heavy atom. The lowest BCUT2D eigenvalue weighted by molar-refractivity contribution is -0.138. The van der Waals surface area contributed by atoms with Gasteiger partial charge >= 0.3 is 5.97 Å². The molecule has 2 aromatic rings. The number of hydrogen-bond donors (Lipinski definition) is 0. The molecule has 0 N–H and O–H groups in total. The highest BCUT2D eigenvalue weighted by atomic mass is 35.5. The molecular weight excluding hydrogens is 337 g/mol. The van der Waals surface area contributed by atoms with E-state index in [2.05, 4.69) is 0 Å². The minimum Gasteiger partial charge on any atom is -0.444 e. The summed E-state index contributed by atoms with van der Waals surface area (Å²) >= 11 is 11.9. The van der Waals surface area contributed by atoms with Gasteiger partial charge in [-0.25, -0.2) is 4.79 Å². The van der Waals surface area contributed by atoms with E-state index in [9.17, 15) is 9.59 Å². The first-order valence-electron chi connectivity index (χ1n) is 6.82. The summed E-state index contributed by atoms with van der Waals surface area (Å²) < 4.78 is 5.41. The summed E-state index contributed by atoms with van der Waals surface area (Å²) in [5.41, 5.74) is 0.698. The Balaban J connectivity index is 2.32. The van der Waals surface area contributed by atoms with Crippen LogP contribution in [-0.4, -0.2) is 30.9 Å². The summed E-state index contributed by atoms with van der Waals surface area (Å²) in [5.74, 6) is -1.05. The lowest BCUT2D eigenvalue weighted by Gasteiger charge is -2.21. The molecule has 0 aromatic heterocycles. The van der Waals surface area contributed by atoms with E-state index in [0.29, 0.717) is 10.6 Å². The van der Waals surface area contributed by atoms with Crippen molar-refractivity contribution in [2.75, 3.05) is 14.1 Å². The Labute approximate surface area is 144 Å². The summed E-state index contributed by atoms with van der Waals surface area (Å²) in [6, 6.07) is 13.3. The molecule has 2 rings (SSSR count). The molecule has 0 saturated heterocycles. The minimum absolute atomic E-state index is 0.117. The van der Waals surface area contributed by atoms with Crippen molar-refractivity contribution in [1.82, 2.24) is 4.90 Å². The molecule has 0 aliphatic rings. The minimum atomic E-state index is -1.05. The molecular formula is C17H15Cl2NO3. The van der Waals surface area contributed by atoms with Gasteiger partial charge in [0.25, 0.3) is 5.91 Å². The Bertz CT molecular complexity index is 717. The van der Waals surface area contributed by atoms with E-state index in [1.807, 2.05) is 6.07 Å². The molecule has 0 saturated carbocycles. The molecule has 1 amide bonds. The normalized spacial score (nSPS) is 11.7. The quantitative estimate of drug-likeness (QED) is 0.782. The molecule has 0 fully saturated rings. The van der Waals surface area contributed by atoms with Crippen LogP contribution in [0.1, 0.15) is 22.0 Å². The van der Waals surface area contributed by atoms with Gasteiger partial charge < -0.3 is 9.64 Å². The molecule has 23 heavy (non-hydrogen) atoms. The topological polar surface area (TPSA) is 46.6 Å². The molecule has 0 unspecified atom stereocenters. The van der Waals surface area contributed by atoms with E-state index in [0.717, 1.165) is 0 Å². The zero-order valence-electron chi connectivity index (χ0n) is 12.6. The summed E-state index contributed by atoms with van der Waals surface area (Å²) in [4.78, 5) is 26.1. The Hall–Kier alpha value is -2.04. The van der Waals surface area contributed by atoms with Gasteiger partial charge in [0, 0.05) is 24.7 Å². The lowest BCUT2D eigenvalue weighted by atomic mass is 10.1. The highest BCUT2D eigenvalue weighted by Gasteiger charge is 2.27. The van der Waals surface area contributed by atoms with Gasteiger partial charge in [-0.15, -0.1) is 0 Å². The zero-order chi connectivity index (χ0) is 17.0. The molecule has 4 nitrogen and oxygen atoms in total. The number of carbonyl (C=O) groups is 2. The third kappa shape index (κ3) is 4.24. The first-order valence-corrected chi connectivity index (χ1v) is 7.58. The van der Waals surface area contributed by atoms with Crippen LogP contribution < -0.4 is 0 Å². The van der Waals surface area contributed by atoms with Gasteiger partial charge in [0.15, 0.2) is 0 Å². The number of amides is 1. The maximum atomic E-state index is 12.4. The molecule has 0 heterocycles. The Kier molecular flexibility index (Phi) is 5.64. The zero-order valence-corrected chi connectivity index (χ0v) is 14.1. The van der Waals surface area contributed by atoms with Crippen LogP contribution in [0, 0.1) is 0 Å². The average molecular weight is 352 g/mol. The fourth-order valence-corrected chi connectivity index (χ4v) is 2.31. The molecule has 0 aliphatic carbocycles. The predicted octanol–water partition coefficient (Wildman–Crippen LogP) is 3.98. The fraction of sp³-hybridized carbons (Fsp3) is 0.176. The second-order valence-corrected chi connectivity index (χ2v) is 5.90. The van der Waals surface area contributed by atoms with E-state index in [1.54, 1.807) is 44.4 Å². The van der Waals surface area contributed by atoms with Crippen molar-refractivity contribution in [3.8, 4) is 0 Å². The standard InChI is InChI=1S/C17H15Cl2NO3/c1-20(2)16(21)15(11-6-4-3-5-7-11)23-17(22)13-10-12(18)8-9-14(13)19/h3-10,15H,1-2H3/t15-/m1/s1. The van der Waals surface area contributed by atoms with Crippen LogP contribution in [0.15, 0.2) is 48.5 Å². The number of carbonyl (C=O) groups excluding carboxylic acids is 2. The van der Waals surface area contributed by atoms with E-state index >= 15 is 0 Å². The number of esters is 1. The maximum Gasteiger partial charge on any atom is 0.340 e. The largest absolute Gasteiger partial charge is 0.444 e. The first kappa shape index (κ1) is 17.3. The average Bonchev–Trinajstić information content (AvgIpc) is 2.54. The van der Waals surface area contributed by atoms with Crippen LogP contribution in [-0.2, 0) is 9.53 Å². The molecule has 6 heteroatoms. The number of ether oxygens (including phenoxy) is 1. The Morgan fingerprint density at radius 2 is 1.70 bits per heavy atom. The number of halogens is 2. The van der Waals surface area contributed by atoms with Crippen LogP contribution in [0.5, 0.6) is 0 Å². The summed E-state index contributed by atoms with van der Waals surface area (Å²) in [5, 5.41) is 0.570. The monoisotopic (exact) mass is 351 g/mol. The molecule has 0 radical (unpaired) electrons. The van der Waals surface area contributed by atoms with Crippen molar-refractivity contribution in [2.24, 2.45) is 0 Å². The number of benzene rings is 2. The number of nitrogens with zero attached hydrogens (tertiary/aromatic N) is 1. The number of hydrogen-bond acceptors (Lipinski definition) is 3. The van der Waals surface area contributed by atoms with Gasteiger partial charge in [-0.3, -0.25) is 4.79 Å². The lowest BCUT2D eigenvalue weighted by Crippen LogP contribution is -2.31. The molecule has 0 aliphatic heterocycles. The number of rotatable bonds is 4. The predicted molar refractivity (Wildman–Crippen MR) is 89.8 cm³/mol. The number of likely N-dealkylation sites (N-methyl/N-ethyl adjacent to an activating group) is 1. The van der Waals surface area contributed by atoms with Crippen molar-refractivity contribution in [3.63, 3.8) is 0 Å². The summed E-state index contributed by atoms with van der Waals surface area (Å²) in [6.45, 7) is 0. The van der Waals surface area contributed by atoms with Crippen molar-refractivity contribution in [3.05, 3.63) is 69.7 Å². The van der Waals surface area contributed by atoms with Gasteiger partial charge in [0.2, 0.25) is 6.10 Å². The molecule has 120 valence electrons. The second-order valence-electron chi connectivity index (χ2n) is 5.05. The van der Waals surface area contributed by atoms with E-state index in [4.69, 9.17) is 27.9 Å². The third-order valence-corrected chi connectivity index (χ3v) is 3.71. The Morgan fingerprint density at radius 1 is 1.04 bits per heavy atom. The highest BCUT2D eigenvalue weighted by Crippen LogP contribution is 2.25. The van der Waals surface area contributed by atoms with Crippen LogP contribution in [0.2, 0.25) is 10.0 Å². The fourth-order valence-electron chi connectivity index (χ4n) is 1.95. The summed E-state index contributed by atoms with van der Waals surface area (Å²) in [6.07, 6.45) is -1.05. The van der Waals surface area contributed by atoms with Gasteiger partial charge in [-0.2, -0.15) is 0 Å². The molecule has 2 aromatic carbocycles. The first-order chi connectivity index (χ1) is 10.9. The van der Waals surface area contributed by atoms with Crippen LogP contribution >= 0.6 is 23.2 Å².